The van der Waals surface area contributed by atoms with E-state index in [1.807, 2.05) is 0 Å². The summed E-state index contributed by atoms with van der Waals surface area (Å²) in [5, 5.41) is 9.97. The van der Waals surface area contributed by atoms with Gasteiger partial charge in [0.2, 0.25) is 5.91 Å². The van der Waals surface area contributed by atoms with Crippen LogP contribution >= 0.6 is 11.8 Å². The van der Waals surface area contributed by atoms with Gasteiger partial charge in [-0.15, -0.1) is 10.2 Å². The standard InChI is InChI=1S/C19H17F2N3O3S/c1-11(26-16-9-4-3-8-15(16)21)18-23-24-19(27-18)28-12(2)17(25)22-14-7-5-6-13(20)10-14/h3-12H,1-2H3,(H,22,25)/t11-,12-/m0/s1. The second-order valence-corrected chi connectivity index (χ2v) is 7.15. The Hall–Kier alpha value is -2.94. The molecule has 2 atom stereocenters. The molecule has 146 valence electrons. The SMILES string of the molecule is C[C@H](Sc1nnc([C@H](C)Oc2ccccc2F)o1)C(=O)Nc1cccc(F)c1. The van der Waals surface area contributed by atoms with E-state index in [0.29, 0.717) is 5.69 Å². The van der Waals surface area contributed by atoms with Crippen molar-refractivity contribution in [2.45, 2.75) is 30.4 Å². The van der Waals surface area contributed by atoms with Crippen LogP contribution in [0.5, 0.6) is 5.75 Å². The second kappa shape index (κ2) is 8.83. The van der Waals surface area contributed by atoms with E-state index in [4.69, 9.17) is 9.15 Å². The summed E-state index contributed by atoms with van der Waals surface area (Å²) in [6, 6.07) is 11.6. The molecule has 1 N–H and O–H groups in total. The van der Waals surface area contributed by atoms with Crippen LogP contribution in [-0.4, -0.2) is 21.4 Å². The molecule has 0 aliphatic rings. The van der Waals surface area contributed by atoms with Crippen LogP contribution in [-0.2, 0) is 4.79 Å². The number of anilines is 1. The van der Waals surface area contributed by atoms with Crippen molar-refractivity contribution in [1.82, 2.24) is 10.2 Å². The molecule has 0 aliphatic heterocycles. The summed E-state index contributed by atoms with van der Waals surface area (Å²) in [6.45, 7) is 3.30. The molecule has 1 heterocycles. The van der Waals surface area contributed by atoms with Gasteiger partial charge in [-0.1, -0.05) is 30.0 Å². The molecule has 1 amide bonds. The lowest BCUT2D eigenvalue weighted by Gasteiger charge is -2.11. The molecule has 0 saturated heterocycles. The fraction of sp³-hybridized carbons (Fsp3) is 0.211. The zero-order valence-electron chi connectivity index (χ0n) is 15.1. The molecule has 0 saturated carbocycles. The van der Waals surface area contributed by atoms with Crippen molar-refractivity contribution in [3.05, 3.63) is 66.1 Å². The van der Waals surface area contributed by atoms with E-state index in [1.54, 1.807) is 32.0 Å². The van der Waals surface area contributed by atoms with Gasteiger partial charge in [0, 0.05) is 5.69 Å². The number of rotatable bonds is 7. The van der Waals surface area contributed by atoms with E-state index in [1.165, 1.54) is 30.3 Å². The molecular formula is C19H17F2N3O3S. The lowest BCUT2D eigenvalue weighted by molar-refractivity contribution is -0.115. The first-order valence-corrected chi connectivity index (χ1v) is 9.28. The quantitative estimate of drug-likeness (QED) is 0.579. The predicted octanol–water partition coefficient (Wildman–Crippen LogP) is 4.61. The van der Waals surface area contributed by atoms with E-state index in [0.717, 1.165) is 11.8 Å². The van der Waals surface area contributed by atoms with Crippen LogP contribution in [0.2, 0.25) is 0 Å². The molecule has 0 unspecified atom stereocenters. The maximum Gasteiger partial charge on any atom is 0.277 e. The molecule has 0 bridgehead atoms. The second-order valence-electron chi connectivity index (χ2n) is 5.86. The smallest absolute Gasteiger partial charge is 0.277 e. The van der Waals surface area contributed by atoms with E-state index < -0.39 is 23.0 Å². The molecule has 9 heteroatoms. The lowest BCUT2D eigenvalue weighted by Crippen LogP contribution is -2.22. The highest BCUT2D eigenvalue weighted by Crippen LogP contribution is 2.27. The summed E-state index contributed by atoms with van der Waals surface area (Å²) < 4.78 is 37.9. The van der Waals surface area contributed by atoms with Gasteiger partial charge in [-0.2, -0.15) is 0 Å². The van der Waals surface area contributed by atoms with Crippen molar-refractivity contribution in [2.24, 2.45) is 0 Å². The highest BCUT2D eigenvalue weighted by atomic mass is 32.2. The first-order chi connectivity index (χ1) is 13.4. The van der Waals surface area contributed by atoms with Crippen molar-refractivity contribution < 1.29 is 22.7 Å². The lowest BCUT2D eigenvalue weighted by atomic mass is 10.3. The number of nitrogens with zero attached hydrogens (tertiary/aromatic N) is 2. The highest BCUT2D eigenvalue weighted by Gasteiger charge is 2.21. The number of amides is 1. The van der Waals surface area contributed by atoms with Crippen LogP contribution < -0.4 is 10.1 Å². The molecule has 2 aromatic carbocycles. The van der Waals surface area contributed by atoms with Gasteiger partial charge in [-0.05, 0) is 44.2 Å². The number of hydrogen-bond acceptors (Lipinski definition) is 6. The Kier molecular flexibility index (Phi) is 6.25. The largest absolute Gasteiger partial charge is 0.478 e. The highest BCUT2D eigenvalue weighted by molar-refractivity contribution is 8.00. The minimum Gasteiger partial charge on any atom is -0.478 e. The van der Waals surface area contributed by atoms with E-state index in [9.17, 15) is 13.6 Å². The van der Waals surface area contributed by atoms with E-state index in [2.05, 4.69) is 15.5 Å². The van der Waals surface area contributed by atoms with Gasteiger partial charge in [-0.25, -0.2) is 8.78 Å². The fourth-order valence-electron chi connectivity index (χ4n) is 2.23. The Labute approximate surface area is 164 Å². The number of thioether (sulfide) groups is 1. The number of para-hydroxylation sites is 1. The van der Waals surface area contributed by atoms with Gasteiger partial charge < -0.3 is 14.5 Å². The third-order valence-electron chi connectivity index (χ3n) is 3.65. The molecule has 0 spiro atoms. The number of hydrogen-bond donors (Lipinski definition) is 1. The van der Waals surface area contributed by atoms with Gasteiger partial charge in [0.25, 0.3) is 11.1 Å². The average Bonchev–Trinajstić information content (AvgIpc) is 3.12. The van der Waals surface area contributed by atoms with Gasteiger partial charge in [0.1, 0.15) is 5.82 Å². The topological polar surface area (TPSA) is 77.2 Å². The Bertz CT molecular complexity index is 967. The molecule has 1 aromatic heterocycles. The minimum atomic E-state index is -0.671. The summed E-state index contributed by atoms with van der Waals surface area (Å²) in [7, 11) is 0. The van der Waals surface area contributed by atoms with Crippen LogP contribution in [0, 0.1) is 11.6 Å². The zero-order chi connectivity index (χ0) is 20.1. The van der Waals surface area contributed by atoms with Crippen molar-refractivity contribution in [3.63, 3.8) is 0 Å². The molecule has 0 radical (unpaired) electrons. The minimum absolute atomic E-state index is 0.0743. The molecular weight excluding hydrogens is 388 g/mol. The molecule has 3 aromatic rings. The van der Waals surface area contributed by atoms with Gasteiger partial charge in [0.05, 0.1) is 5.25 Å². The first-order valence-electron chi connectivity index (χ1n) is 8.40. The number of benzene rings is 2. The van der Waals surface area contributed by atoms with Gasteiger partial charge in [0.15, 0.2) is 17.7 Å². The maximum absolute atomic E-state index is 13.7. The van der Waals surface area contributed by atoms with E-state index in [-0.39, 0.29) is 22.8 Å². The van der Waals surface area contributed by atoms with Crippen LogP contribution in [0.15, 0.2) is 58.2 Å². The van der Waals surface area contributed by atoms with Crippen LogP contribution in [0.1, 0.15) is 25.8 Å². The number of aromatic nitrogens is 2. The molecule has 3 rings (SSSR count). The third kappa shape index (κ3) is 5.07. The van der Waals surface area contributed by atoms with Crippen LogP contribution in [0.25, 0.3) is 0 Å². The van der Waals surface area contributed by atoms with Gasteiger partial charge >= 0.3 is 0 Å². The van der Waals surface area contributed by atoms with E-state index >= 15 is 0 Å². The Morgan fingerprint density at radius 3 is 2.68 bits per heavy atom. The molecule has 6 nitrogen and oxygen atoms in total. The third-order valence-corrected chi connectivity index (χ3v) is 4.58. The number of nitrogens with one attached hydrogen (secondary N) is 1. The summed E-state index contributed by atoms with van der Waals surface area (Å²) >= 11 is 1.05. The normalized spacial score (nSPS) is 13.0. The molecule has 0 aliphatic carbocycles. The monoisotopic (exact) mass is 405 g/mol. The average molecular weight is 405 g/mol. The van der Waals surface area contributed by atoms with Crippen molar-refractivity contribution in [3.8, 4) is 5.75 Å². The number of carbonyl (C=O) groups is 1. The summed E-state index contributed by atoms with van der Waals surface area (Å²) in [5.74, 6) is -1.05. The van der Waals surface area contributed by atoms with Crippen molar-refractivity contribution >= 4 is 23.4 Å². The zero-order valence-corrected chi connectivity index (χ0v) is 15.9. The Balaban J connectivity index is 1.59. The maximum atomic E-state index is 13.7. The molecule has 0 fully saturated rings. The summed E-state index contributed by atoms with van der Waals surface area (Å²) in [6.07, 6.45) is -0.671. The van der Waals surface area contributed by atoms with Crippen molar-refractivity contribution in [2.75, 3.05) is 5.32 Å². The predicted molar refractivity (Wildman–Crippen MR) is 100 cm³/mol. The first kappa shape index (κ1) is 19.8. The fourth-order valence-corrected chi connectivity index (χ4v) is 2.92. The Morgan fingerprint density at radius 1 is 1.14 bits per heavy atom. The van der Waals surface area contributed by atoms with Gasteiger partial charge in [-0.3, -0.25) is 4.79 Å². The van der Waals surface area contributed by atoms with Crippen molar-refractivity contribution in [1.29, 1.82) is 0 Å². The summed E-state index contributed by atoms with van der Waals surface area (Å²) in [5.41, 5.74) is 0.357. The number of ether oxygens (including phenoxy) is 1. The van der Waals surface area contributed by atoms with Crippen LogP contribution in [0.3, 0.4) is 0 Å². The molecule has 28 heavy (non-hydrogen) atoms. The Morgan fingerprint density at radius 2 is 1.93 bits per heavy atom. The summed E-state index contributed by atoms with van der Waals surface area (Å²) in [4.78, 5) is 12.2. The number of halogens is 2. The number of carbonyl (C=O) groups excluding carboxylic acids is 1. The van der Waals surface area contributed by atoms with Crippen LogP contribution in [0.4, 0.5) is 14.5 Å².